The van der Waals surface area contributed by atoms with Gasteiger partial charge in [0.1, 0.15) is 16.4 Å². The summed E-state index contributed by atoms with van der Waals surface area (Å²) in [5.74, 6) is 0.643. The fourth-order valence-corrected chi connectivity index (χ4v) is 5.45. The summed E-state index contributed by atoms with van der Waals surface area (Å²) >= 11 is 1.48. The molecule has 24 heavy (non-hydrogen) atoms. The molecule has 2 aliphatic heterocycles. The lowest BCUT2D eigenvalue weighted by Gasteiger charge is -2.29. The first-order chi connectivity index (χ1) is 11.4. The van der Waals surface area contributed by atoms with Crippen LogP contribution in [0, 0.1) is 5.92 Å². The molecule has 8 heteroatoms. The first-order valence-electron chi connectivity index (χ1n) is 7.94. The number of amides is 2. The Morgan fingerprint density at radius 2 is 1.96 bits per heavy atom. The topological polar surface area (TPSA) is 83.6 Å². The lowest BCUT2D eigenvalue weighted by Crippen LogP contribution is -2.44. The third kappa shape index (κ3) is 4.10. The van der Waals surface area contributed by atoms with Gasteiger partial charge in [0.05, 0.1) is 22.9 Å². The maximum Gasteiger partial charge on any atom is 0.240 e. The third-order valence-corrected chi connectivity index (χ3v) is 7.14. The number of carbonyl (C=O) groups excluding carboxylic acids is 2. The minimum Gasteiger partial charge on any atom is -0.354 e. The summed E-state index contributed by atoms with van der Waals surface area (Å²) in [4.78, 5) is 26.9. The minimum absolute atomic E-state index is 0.00141. The summed E-state index contributed by atoms with van der Waals surface area (Å²) in [7, 11) is -2.89. The van der Waals surface area contributed by atoms with Crippen LogP contribution < -0.4 is 10.2 Å². The number of anilines is 1. The lowest BCUT2D eigenvalue weighted by atomic mass is 10.0. The average Bonchev–Trinajstić information content (AvgIpc) is 2.56. The number of para-hydroxylation sites is 1. The molecule has 1 aromatic rings. The van der Waals surface area contributed by atoms with Crippen molar-refractivity contribution < 1.29 is 18.0 Å². The number of nitrogens with zero attached hydrogens (tertiary/aromatic N) is 1. The maximum absolute atomic E-state index is 12.2. The molecule has 1 aromatic carbocycles. The summed E-state index contributed by atoms with van der Waals surface area (Å²) < 4.78 is 22.8. The molecular formula is C16H20N2O4S2. The predicted molar refractivity (Wildman–Crippen MR) is 93.9 cm³/mol. The molecule has 6 nitrogen and oxygen atoms in total. The SMILES string of the molecule is O=C(CN1C(=O)CSc2ccccc21)NCC1CCS(=O)(=O)CC1. The Labute approximate surface area is 145 Å². The number of carbonyl (C=O) groups is 2. The Kier molecular flexibility index (Phi) is 5.15. The highest BCUT2D eigenvalue weighted by Crippen LogP contribution is 2.34. The third-order valence-electron chi connectivity index (χ3n) is 4.37. The van der Waals surface area contributed by atoms with Crippen molar-refractivity contribution in [1.82, 2.24) is 5.32 Å². The van der Waals surface area contributed by atoms with Crippen LogP contribution in [0.15, 0.2) is 29.2 Å². The number of hydrogen-bond acceptors (Lipinski definition) is 5. The van der Waals surface area contributed by atoms with Gasteiger partial charge in [-0.3, -0.25) is 9.59 Å². The van der Waals surface area contributed by atoms with Gasteiger partial charge in [0.25, 0.3) is 0 Å². The Hall–Kier alpha value is -1.54. The van der Waals surface area contributed by atoms with E-state index >= 15 is 0 Å². The monoisotopic (exact) mass is 368 g/mol. The van der Waals surface area contributed by atoms with Crippen molar-refractivity contribution in [3.8, 4) is 0 Å². The van der Waals surface area contributed by atoms with Crippen molar-refractivity contribution in [2.75, 3.05) is 35.2 Å². The van der Waals surface area contributed by atoms with E-state index in [4.69, 9.17) is 0 Å². The average molecular weight is 368 g/mol. The molecule has 3 rings (SSSR count). The van der Waals surface area contributed by atoms with Crippen molar-refractivity contribution >= 4 is 39.1 Å². The molecule has 2 aliphatic rings. The van der Waals surface area contributed by atoms with Gasteiger partial charge in [-0.2, -0.15) is 0 Å². The van der Waals surface area contributed by atoms with Crippen LogP contribution in [0.25, 0.3) is 0 Å². The highest BCUT2D eigenvalue weighted by atomic mass is 32.2. The molecule has 1 fully saturated rings. The molecule has 130 valence electrons. The molecule has 0 spiro atoms. The van der Waals surface area contributed by atoms with Crippen LogP contribution in [0.3, 0.4) is 0 Å². The fraction of sp³-hybridized carbons (Fsp3) is 0.500. The Bertz CT molecular complexity index is 734. The zero-order chi connectivity index (χ0) is 17.2. The van der Waals surface area contributed by atoms with Gasteiger partial charge in [-0.25, -0.2) is 8.42 Å². The van der Waals surface area contributed by atoms with Crippen LogP contribution in [0.5, 0.6) is 0 Å². The second-order valence-corrected chi connectivity index (χ2v) is 9.46. The standard InChI is InChI=1S/C16H20N2O4S2/c19-15(17-9-12-5-7-24(21,22)8-6-12)10-18-13-3-1-2-4-14(13)23-11-16(18)20/h1-4,12H,5-11H2,(H,17,19). The van der Waals surface area contributed by atoms with E-state index in [1.54, 1.807) is 0 Å². The zero-order valence-corrected chi connectivity index (χ0v) is 14.9. The number of hydrogen-bond donors (Lipinski definition) is 1. The van der Waals surface area contributed by atoms with E-state index in [1.807, 2.05) is 24.3 Å². The van der Waals surface area contributed by atoms with Crippen molar-refractivity contribution in [3.05, 3.63) is 24.3 Å². The highest BCUT2D eigenvalue weighted by Gasteiger charge is 2.27. The number of rotatable bonds is 4. The molecule has 0 saturated carbocycles. The van der Waals surface area contributed by atoms with Crippen LogP contribution >= 0.6 is 11.8 Å². The molecule has 1 saturated heterocycles. The van der Waals surface area contributed by atoms with Crippen LogP contribution in [0.4, 0.5) is 5.69 Å². The van der Waals surface area contributed by atoms with Crippen molar-refractivity contribution in [1.29, 1.82) is 0 Å². The van der Waals surface area contributed by atoms with E-state index in [1.165, 1.54) is 16.7 Å². The van der Waals surface area contributed by atoms with Crippen molar-refractivity contribution in [2.24, 2.45) is 5.92 Å². The largest absolute Gasteiger partial charge is 0.354 e. The fourth-order valence-electron chi connectivity index (χ4n) is 2.93. The van der Waals surface area contributed by atoms with Gasteiger partial charge in [0.15, 0.2) is 0 Å². The number of sulfone groups is 1. The quantitative estimate of drug-likeness (QED) is 0.859. The molecule has 1 N–H and O–H groups in total. The van der Waals surface area contributed by atoms with Crippen LogP contribution in [0.2, 0.25) is 0 Å². The molecule has 2 amide bonds. The second-order valence-electron chi connectivity index (χ2n) is 6.14. The summed E-state index contributed by atoms with van der Waals surface area (Å²) in [5, 5.41) is 2.84. The van der Waals surface area contributed by atoms with Gasteiger partial charge >= 0.3 is 0 Å². The van der Waals surface area contributed by atoms with Gasteiger partial charge in [0.2, 0.25) is 11.8 Å². The molecule has 2 heterocycles. The molecule has 0 atom stereocenters. The van der Waals surface area contributed by atoms with Crippen LogP contribution in [-0.2, 0) is 19.4 Å². The van der Waals surface area contributed by atoms with Crippen molar-refractivity contribution in [2.45, 2.75) is 17.7 Å². The first-order valence-corrected chi connectivity index (χ1v) is 10.7. The molecule has 0 radical (unpaired) electrons. The van der Waals surface area contributed by atoms with Gasteiger partial charge in [-0.15, -0.1) is 11.8 Å². The van der Waals surface area contributed by atoms with Gasteiger partial charge in [-0.05, 0) is 30.9 Å². The second kappa shape index (κ2) is 7.14. The number of nitrogens with one attached hydrogen (secondary N) is 1. The molecule has 0 bridgehead atoms. The molecule has 0 unspecified atom stereocenters. The first kappa shape index (κ1) is 17.3. The van der Waals surface area contributed by atoms with Crippen LogP contribution in [0.1, 0.15) is 12.8 Å². The van der Waals surface area contributed by atoms with E-state index < -0.39 is 9.84 Å². The normalized spacial score (nSPS) is 20.5. The summed E-state index contributed by atoms with van der Waals surface area (Å²) in [6, 6.07) is 7.56. The zero-order valence-electron chi connectivity index (χ0n) is 13.2. The van der Waals surface area contributed by atoms with Crippen molar-refractivity contribution in [3.63, 3.8) is 0 Å². The lowest BCUT2D eigenvalue weighted by molar-refractivity contribution is -0.123. The predicted octanol–water partition coefficient (Wildman–Crippen LogP) is 1.07. The Morgan fingerprint density at radius 1 is 1.25 bits per heavy atom. The Morgan fingerprint density at radius 3 is 2.71 bits per heavy atom. The summed E-state index contributed by atoms with van der Waals surface area (Å²) in [6.07, 6.45) is 1.18. The van der Waals surface area contributed by atoms with E-state index in [-0.39, 0.29) is 35.8 Å². The van der Waals surface area contributed by atoms with Gasteiger partial charge in [0, 0.05) is 11.4 Å². The van der Waals surface area contributed by atoms with E-state index in [0.29, 0.717) is 25.1 Å². The molecular weight excluding hydrogens is 348 g/mol. The number of fused-ring (bicyclic) bond motifs is 1. The van der Waals surface area contributed by atoms with E-state index in [9.17, 15) is 18.0 Å². The Balaban J connectivity index is 1.55. The minimum atomic E-state index is -2.89. The highest BCUT2D eigenvalue weighted by molar-refractivity contribution is 8.00. The number of thioether (sulfide) groups is 1. The van der Waals surface area contributed by atoms with Crippen LogP contribution in [-0.4, -0.2) is 50.6 Å². The molecule has 0 aromatic heterocycles. The molecule has 0 aliphatic carbocycles. The van der Waals surface area contributed by atoms with Gasteiger partial charge < -0.3 is 10.2 Å². The smallest absolute Gasteiger partial charge is 0.240 e. The van der Waals surface area contributed by atoms with Gasteiger partial charge in [-0.1, -0.05) is 12.1 Å². The maximum atomic E-state index is 12.2. The van der Waals surface area contributed by atoms with E-state index in [0.717, 1.165) is 10.6 Å². The van der Waals surface area contributed by atoms with E-state index in [2.05, 4.69) is 5.32 Å². The summed E-state index contributed by atoms with van der Waals surface area (Å²) in [6.45, 7) is 0.466. The number of benzene rings is 1. The summed E-state index contributed by atoms with van der Waals surface area (Å²) in [5.41, 5.74) is 0.776.